The van der Waals surface area contributed by atoms with Gasteiger partial charge in [-0.1, -0.05) is 65.4 Å². The summed E-state index contributed by atoms with van der Waals surface area (Å²) >= 11 is 0. The van der Waals surface area contributed by atoms with E-state index in [2.05, 4.69) is 20.4 Å². The highest BCUT2D eigenvalue weighted by atomic mass is 16.4. The third kappa shape index (κ3) is 8.00. The van der Waals surface area contributed by atoms with Gasteiger partial charge in [0.1, 0.15) is 0 Å². The van der Waals surface area contributed by atoms with Crippen LogP contribution < -0.4 is 0 Å². The summed E-state index contributed by atoms with van der Waals surface area (Å²) < 4.78 is 0. The van der Waals surface area contributed by atoms with Gasteiger partial charge in [-0.2, -0.15) is 0 Å². The van der Waals surface area contributed by atoms with Gasteiger partial charge in [0.15, 0.2) is 0 Å². The molecule has 1 N–H and O–H groups in total. The number of carboxylic acids is 1. The Kier molecular flexibility index (Phi) is 9.89. The van der Waals surface area contributed by atoms with Crippen LogP contribution in [-0.4, -0.2) is 11.1 Å². The average Bonchev–Trinajstić information content (AvgIpc) is 2.31. The van der Waals surface area contributed by atoms with Crippen molar-refractivity contribution in [3.8, 4) is 0 Å². The first-order chi connectivity index (χ1) is 8.13. The third-order valence-corrected chi connectivity index (χ3v) is 3.31. The first-order valence-corrected chi connectivity index (χ1v) is 7.05. The van der Waals surface area contributed by atoms with Gasteiger partial charge < -0.3 is 5.11 Å². The lowest BCUT2D eigenvalue weighted by atomic mass is 9.90. The van der Waals surface area contributed by atoms with Crippen LogP contribution in [0.15, 0.2) is 12.2 Å². The van der Waals surface area contributed by atoms with E-state index in [4.69, 9.17) is 5.11 Å². The van der Waals surface area contributed by atoms with Gasteiger partial charge >= 0.3 is 5.97 Å². The maximum Gasteiger partial charge on any atom is 0.331 e. The second-order valence-electron chi connectivity index (χ2n) is 4.87. The maximum absolute atomic E-state index is 10.9. The summed E-state index contributed by atoms with van der Waals surface area (Å²) in [6.07, 6.45) is 10.5. The zero-order valence-corrected chi connectivity index (χ0v) is 11.5. The molecule has 0 fully saturated rings. The first-order valence-electron chi connectivity index (χ1n) is 7.05. The fourth-order valence-corrected chi connectivity index (χ4v) is 2.19. The van der Waals surface area contributed by atoms with E-state index < -0.39 is 5.97 Å². The predicted molar refractivity (Wildman–Crippen MR) is 73.2 cm³/mol. The molecule has 0 spiro atoms. The van der Waals surface area contributed by atoms with Gasteiger partial charge in [0.05, 0.1) is 0 Å². The standard InChI is InChI=1S/C15H28O2/c1-4-6-7-8-9-10-12-14(11-5-2)13(3)15(16)17/h14H,3-12H2,1-2H3,(H,16,17). The minimum atomic E-state index is -0.825. The second kappa shape index (κ2) is 10.4. The molecule has 0 aliphatic heterocycles. The molecule has 17 heavy (non-hydrogen) atoms. The molecule has 0 aromatic heterocycles. The van der Waals surface area contributed by atoms with Crippen molar-refractivity contribution in [3.63, 3.8) is 0 Å². The molecule has 0 amide bonds. The van der Waals surface area contributed by atoms with Crippen molar-refractivity contribution in [2.75, 3.05) is 0 Å². The van der Waals surface area contributed by atoms with Crippen LogP contribution in [-0.2, 0) is 4.79 Å². The van der Waals surface area contributed by atoms with E-state index >= 15 is 0 Å². The Balaban J connectivity index is 3.77. The Morgan fingerprint density at radius 2 is 1.59 bits per heavy atom. The van der Waals surface area contributed by atoms with Crippen LogP contribution in [0.1, 0.15) is 71.6 Å². The number of unbranched alkanes of at least 4 members (excludes halogenated alkanes) is 5. The molecule has 1 atom stereocenters. The monoisotopic (exact) mass is 240 g/mol. The van der Waals surface area contributed by atoms with Gasteiger partial charge in [0, 0.05) is 5.57 Å². The lowest BCUT2D eigenvalue weighted by Crippen LogP contribution is -2.11. The molecule has 0 radical (unpaired) electrons. The predicted octanol–water partition coefficient (Wildman–Crippen LogP) is 4.79. The molecule has 100 valence electrons. The highest BCUT2D eigenvalue weighted by molar-refractivity contribution is 5.86. The molecule has 0 bridgehead atoms. The summed E-state index contributed by atoms with van der Waals surface area (Å²) in [4.78, 5) is 10.9. The van der Waals surface area contributed by atoms with Crippen LogP contribution in [0.4, 0.5) is 0 Å². The summed E-state index contributed by atoms with van der Waals surface area (Å²) in [5, 5.41) is 8.95. The van der Waals surface area contributed by atoms with E-state index in [-0.39, 0.29) is 5.92 Å². The highest BCUT2D eigenvalue weighted by Crippen LogP contribution is 2.23. The fourth-order valence-electron chi connectivity index (χ4n) is 2.19. The molecule has 1 unspecified atom stereocenters. The van der Waals surface area contributed by atoms with Crippen molar-refractivity contribution >= 4 is 5.97 Å². The van der Waals surface area contributed by atoms with Crippen molar-refractivity contribution in [2.24, 2.45) is 5.92 Å². The molecular weight excluding hydrogens is 212 g/mol. The fraction of sp³-hybridized carbons (Fsp3) is 0.800. The number of carbonyl (C=O) groups is 1. The molecule has 0 aliphatic rings. The molecule has 0 aliphatic carbocycles. The Labute approximate surface area is 106 Å². The SMILES string of the molecule is C=C(C(=O)O)C(CCC)CCCCCCCC. The maximum atomic E-state index is 10.9. The number of aliphatic carboxylic acids is 1. The Bertz CT molecular complexity index is 221. The van der Waals surface area contributed by atoms with Gasteiger partial charge in [0.25, 0.3) is 0 Å². The lowest BCUT2D eigenvalue weighted by Gasteiger charge is -2.15. The van der Waals surface area contributed by atoms with Crippen LogP contribution in [0.25, 0.3) is 0 Å². The molecule has 2 nitrogen and oxygen atoms in total. The third-order valence-electron chi connectivity index (χ3n) is 3.31. The van der Waals surface area contributed by atoms with Crippen LogP contribution in [0, 0.1) is 5.92 Å². The first kappa shape index (κ1) is 16.2. The van der Waals surface area contributed by atoms with Crippen molar-refractivity contribution in [1.29, 1.82) is 0 Å². The van der Waals surface area contributed by atoms with Crippen LogP contribution in [0.3, 0.4) is 0 Å². The van der Waals surface area contributed by atoms with E-state index in [1.54, 1.807) is 0 Å². The number of rotatable bonds is 11. The van der Waals surface area contributed by atoms with E-state index in [1.807, 2.05) is 0 Å². The van der Waals surface area contributed by atoms with Crippen LogP contribution >= 0.6 is 0 Å². The molecule has 0 rings (SSSR count). The van der Waals surface area contributed by atoms with Crippen molar-refractivity contribution in [1.82, 2.24) is 0 Å². The molecule has 2 heteroatoms. The zero-order valence-electron chi connectivity index (χ0n) is 11.5. The summed E-state index contributed by atoms with van der Waals surface area (Å²) in [5.41, 5.74) is 0.403. The number of carboxylic acid groups (broad SMARTS) is 1. The van der Waals surface area contributed by atoms with Gasteiger partial charge in [0.2, 0.25) is 0 Å². The van der Waals surface area contributed by atoms with Crippen molar-refractivity contribution in [3.05, 3.63) is 12.2 Å². The second-order valence-corrected chi connectivity index (χ2v) is 4.87. The summed E-state index contributed by atoms with van der Waals surface area (Å²) in [6, 6.07) is 0. The number of hydrogen-bond donors (Lipinski definition) is 1. The van der Waals surface area contributed by atoms with E-state index in [9.17, 15) is 4.79 Å². The van der Waals surface area contributed by atoms with Crippen molar-refractivity contribution in [2.45, 2.75) is 71.6 Å². The normalized spacial score (nSPS) is 12.4. The lowest BCUT2D eigenvalue weighted by molar-refractivity contribution is -0.133. The Morgan fingerprint density at radius 1 is 1.00 bits per heavy atom. The molecule has 0 aromatic carbocycles. The zero-order chi connectivity index (χ0) is 13.1. The summed E-state index contributed by atoms with van der Waals surface area (Å²) in [6.45, 7) is 8.02. The van der Waals surface area contributed by atoms with E-state index in [0.717, 1.165) is 25.7 Å². The van der Waals surface area contributed by atoms with E-state index in [1.165, 1.54) is 32.1 Å². The molecule has 0 saturated carbocycles. The Hall–Kier alpha value is -0.790. The number of hydrogen-bond acceptors (Lipinski definition) is 1. The van der Waals surface area contributed by atoms with Gasteiger partial charge in [-0.3, -0.25) is 0 Å². The highest BCUT2D eigenvalue weighted by Gasteiger charge is 2.16. The molecule has 0 saturated heterocycles. The summed E-state index contributed by atoms with van der Waals surface area (Å²) in [5.74, 6) is -0.641. The smallest absolute Gasteiger partial charge is 0.331 e. The average molecular weight is 240 g/mol. The molecule has 0 aromatic rings. The molecular formula is C15H28O2. The van der Waals surface area contributed by atoms with Crippen molar-refractivity contribution < 1.29 is 9.90 Å². The minimum absolute atomic E-state index is 0.184. The minimum Gasteiger partial charge on any atom is -0.478 e. The Morgan fingerprint density at radius 3 is 2.12 bits per heavy atom. The van der Waals surface area contributed by atoms with Gasteiger partial charge in [-0.15, -0.1) is 0 Å². The van der Waals surface area contributed by atoms with Crippen LogP contribution in [0.2, 0.25) is 0 Å². The summed E-state index contributed by atoms with van der Waals surface area (Å²) in [7, 11) is 0. The largest absolute Gasteiger partial charge is 0.478 e. The van der Waals surface area contributed by atoms with Gasteiger partial charge in [-0.05, 0) is 18.8 Å². The van der Waals surface area contributed by atoms with Crippen LogP contribution in [0.5, 0.6) is 0 Å². The quantitative estimate of drug-likeness (QED) is 0.416. The van der Waals surface area contributed by atoms with Gasteiger partial charge in [-0.25, -0.2) is 4.79 Å². The van der Waals surface area contributed by atoms with E-state index in [0.29, 0.717) is 5.57 Å². The topological polar surface area (TPSA) is 37.3 Å². The molecule has 0 heterocycles.